The van der Waals surface area contributed by atoms with Gasteiger partial charge in [-0.15, -0.1) is 0 Å². The Morgan fingerprint density at radius 1 is 1.21 bits per heavy atom. The molecule has 0 aliphatic heterocycles. The molecule has 0 heterocycles. The van der Waals surface area contributed by atoms with Gasteiger partial charge in [0.15, 0.2) is 0 Å². The lowest BCUT2D eigenvalue weighted by Gasteiger charge is -2.14. The van der Waals surface area contributed by atoms with Crippen LogP contribution in [0.25, 0.3) is 0 Å². The molecule has 0 saturated heterocycles. The first-order valence-corrected chi connectivity index (χ1v) is 8.91. The van der Waals surface area contributed by atoms with Gasteiger partial charge in [-0.2, -0.15) is 0 Å². The summed E-state index contributed by atoms with van der Waals surface area (Å²) in [7, 11) is -2.48. The van der Waals surface area contributed by atoms with E-state index < -0.39 is 15.9 Å². The minimum absolute atomic E-state index is 0.113. The van der Waals surface area contributed by atoms with Gasteiger partial charge in [0, 0.05) is 6.54 Å². The SMILES string of the molecule is COc1ccc(S(N)(=O)=O)cc1C(=O)NCC(C)c1ccccc1. The Labute approximate surface area is 141 Å². The van der Waals surface area contributed by atoms with Crippen LogP contribution in [0.5, 0.6) is 5.75 Å². The lowest BCUT2D eigenvalue weighted by molar-refractivity contribution is 0.0948. The Bertz CT molecular complexity index is 820. The van der Waals surface area contributed by atoms with Crippen LogP contribution in [-0.4, -0.2) is 28.0 Å². The quantitative estimate of drug-likeness (QED) is 0.832. The van der Waals surface area contributed by atoms with Crippen molar-refractivity contribution in [1.82, 2.24) is 5.32 Å². The van der Waals surface area contributed by atoms with Crippen molar-refractivity contribution in [3.05, 3.63) is 59.7 Å². The Kier molecular flexibility index (Phi) is 5.58. The number of benzene rings is 2. The monoisotopic (exact) mass is 348 g/mol. The fourth-order valence-electron chi connectivity index (χ4n) is 2.28. The summed E-state index contributed by atoms with van der Waals surface area (Å²) in [6.45, 7) is 2.40. The maximum absolute atomic E-state index is 12.4. The van der Waals surface area contributed by atoms with E-state index in [1.807, 2.05) is 37.3 Å². The van der Waals surface area contributed by atoms with Crippen LogP contribution in [-0.2, 0) is 10.0 Å². The highest BCUT2D eigenvalue weighted by Crippen LogP contribution is 2.22. The molecule has 0 aromatic heterocycles. The third-order valence-corrected chi connectivity index (χ3v) is 4.59. The summed E-state index contributed by atoms with van der Waals surface area (Å²) in [6, 6.07) is 13.7. The number of methoxy groups -OCH3 is 1. The largest absolute Gasteiger partial charge is 0.496 e. The Morgan fingerprint density at radius 3 is 2.46 bits per heavy atom. The summed E-state index contributed by atoms with van der Waals surface area (Å²) in [6.07, 6.45) is 0. The molecule has 2 aromatic carbocycles. The predicted octanol–water partition coefficient (Wildman–Crippen LogP) is 1.88. The topological polar surface area (TPSA) is 98.5 Å². The van der Waals surface area contributed by atoms with E-state index >= 15 is 0 Å². The van der Waals surface area contributed by atoms with Crippen LogP contribution in [0.4, 0.5) is 0 Å². The van der Waals surface area contributed by atoms with Crippen molar-refractivity contribution in [2.75, 3.05) is 13.7 Å². The average Bonchev–Trinajstić information content (AvgIpc) is 2.58. The van der Waals surface area contributed by atoms with Crippen molar-refractivity contribution >= 4 is 15.9 Å². The van der Waals surface area contributed by atoms with E-state index in [4.69, 9.17) is 9.88 Å². The third kappa shape index (κ3) is 4.33. The van der Waals surface area contributed by atoms with E-state index in [0.717, 1.165) is 5.56 Å². The molecule has 2 aromatic rings. The van der Waals surface area contributed by atoms with Crippen molar-refractivity contribution < 1.29 is 17.9 Å². The number of primary sulfonamides is 1. The first-order valence-electron chi connectivity index (χ1n) is 7.37. The molecule has 128 valence electrons. The molecule has 0 bridgehead atoms. The highest BCUT2D eigenvalue weighted by Gasteiger charge is 2.18. The fourth-order valence-corrected chi connectivity index (χ4v) is 2.82. The van der Waals surface area contributed by atoms with Gasteiger partial charge in [-0.25, -0.2) is 13.6 Å². The molecule has 7 heteroatoms. The zero-order chi connectivity index (χ0) is 17.7. The Balaban J connectivity index is 2.17. The van der Waals surface area contributed by atoms with Gasteiger partial charge >= 0.3 is 0 Å². The van der Waals surface area contributed by atoms with E-state index in [1.54, 1.807) is 0 Å². The maximum Gasteiger partial charge on any atom is 0.255 e. The van der Waals surface area contributed by atoms with Crippen LogP contribution in [0.2, 0.25) is 0 Å². The van der Waals surface area contributed by atoms with Gasteiger partial charge in [0.05, 0.1) is 17.6 Å². The summed E-state index contributed by atoms with van der Waals surface area (Å²) in [4.78, 5) is 12.3. The van der Waals surface area contributed by atoms with E-state index in [1.165, 1.54) is 25.3 Å². The number of carbonyl (C=O) groups excluding carboxylic acids is 1. The lowest BCUT2D eigenvalue weighted by Crippen LogP contribution is -2.28. The number of rotatable bonds is 6. The summed E-state index contributed by atoms with van der Waals surface area (Å²) in [5.41, 5.74) is 1.23. The number of carbonyl (C=O) groups is 1. The first-order chi connectivity index (χ1) is 11.3. The lowest BCUT2D eigenvalue weighted by atomic mass is 10.0. The van der Waals surface area contributed by atoms with Crippen LogP contribution in [0.15, 0.2) is 53.4 Å². The summed E-state index contributed by atoms with van der Waals surface area (Å²) in [5, 5.41) is 7.91. The van der Waals surface area contributed by atoms with Gasteiger partial charge in [-0.3, -0.25) is 4.79 Å². The van der Waals surface area contributed by atoms with E-state index in [2.05, 4.69) is 5.32 Å². The molecule has 0 saturated carbocycles. The van der Waals surface area contributed by atoms with Gasteiger partial charge in [0.2, 0.25) is 10.0 Å². The maximum atomic E-state index is 12.4. The van der Waals surface area contributed by atoms with Crippen molar-refractivity contribution in [1.29, 1.82) is 0 Å². The molecule has 0 aliphatic carbocycles. The number of nitrogens with two attached hydrogens (primary N) is 1. The minimum Gasteiger partial charge on any atom is -0.496 e. The van der Waals surface area contributed by atoms with E-state index in [0.29, 0.717) is 6.54 Å². The minimum atomic E-state index is -3.89. The first kappa shape index (κ1) is 18.0. The van der Waals surface area contributed by atoms with Gasteiger partial charge < -0.3 is 10.1 Å². The molecule has 0 fully saturated rings. The molecule has 1 unspecified atom stereocenters. The number of ether oxygens (including phenoxy) is 1. The van der Waals surface area contributed by atoms with E-state index in [9.17, 15) is 13.2 Å². The molecule has 0 spiro atoms. The predicted molar refractivity (Wildman–Crippen MR) is 91.6 cm³/mol. The average molecular weight is 348 g/mol. The molecule has 3 N–H and O–H groups in total. The number of nitrogens with one attached hydrogen (secondary N) is 1. The second-order valence-corrected chi connectivity index (χ2v) is 6.99. The summed E-state index contributed by atoms with van der Waals surface area (Å²) in [5.74, 6) is -0.0186. The molecular formula is C17H20N2O4S. The van der Waals surface area contributed by atoms with Crippen molar-refractivity contribution in [2.45, 2.75) is 17.7 Å². The number of amides is 1. The smallest absolute Gasteiger partial charge is 0.255 e. The van der Waals surface area contributed by atoms with Gasteiger partial charge in [0.1, 0.15) is 5.75 Å². The van der Waals surface area contributed by atoms with Crippen LogP contribution in [0, 0.1) is 0 Å². The standard InChI is InChI=1S/C17H20N2O4S/c1-12(13-6-4-3-5-7-13)11-19-17(20)15-10-14(24(18,21)22)8-9-16(15)23-2/h3-10,12H,11H2,1-2H3,(H,19,20)(H2,18,21,22). The Hall–Kier alpha value is -2.38. The highest BCUT2D eigenvalue weighted by atomic mass is 32.2. The highest BCUT2D eigenvalue weighted by molar-refractivity contribution is 7.89. The summed E-state index contributed by atoms with van der Waals surface area (Å²) < 4.78 is 28.1. The van der Waals surface area contributed by atoms with Crippen LogP contribution >= 0.6 is 0 Å². The normalized spacial score (nSPS) is 12.5. The molecule has 1 atom stereocenters. The van der Waals surface area contributed by atoms with Crippen molar-refractivity contribution in [3.63, 3.8) is 0 Å². The van der Waals surface area contributed by atoms with Gasteiger partial charge in [-0.05, 0) is 29.7 Å². The number of hydrogen-bond donors (Lipinski definition) is 2. The second-order valence-electron chi connectivity index (χ2n) is 5.43. The molecule has 24 heavy (non-hydrogen) atoms. The zero-order valence-corrected chi connectivity index (χ0v) is 14.3. The van der Waals surface area contributed by atoms with Crippen LogP contribution in [0.1, 0.15) is 28.8 Å². The van der Waals surface area contributed by atoms with Gasteiger partial charge in [-0.1, -0.05) is 37.3 Å². The summed E-state index contributed by atoms with van der Waals surface area (Å²) >= 11 is 0. The second kappa shape index (κ2) is 7.46. The molecule has 2 rings (SSSR count). The fraction of sp³-hybridized carbons (Fsp3) is 0.235. The zero-order valence-electron chi connectivity index (χ0n) is 13.5. The third-order valence-electron chi connectivity index (χ3n) is 3.68. The number of hydrogen-bond acceptors (Lipinski definition) is 4. The van der Waals surface area contributed by atoms with Crippen molar-refractivity contribution in [3.8, 4) is 5.75 Å². The van der Waals surface area contributed by atoms with Gasteiger partial charge in [0.25, 0.3) is 5.91 Å². The van der Waals surface area contributed by atoms with E-state index in [-0.39, 0.29) is 22.1 Å². The van der Waals surface area contributed by atoms with Crippen LogP contribution in [0.3, 0.4) is 0 Å². The Morgan fingerprint density at radius 2 is 1.88 bits per heavy atom. The number of sulfonamides is 1. The molecule has 6 nitrogen and oxygen atoms in total. The molecule has 0 aliphatic rings. The molecule has 0 radical (unpaired) electrons. The molecule has 1 amide bonds. The van der Waals surface area contributed by atoms with Crippen LogP contribution < -0.4 is 15.2 Å². The van der Waals surface area contributed by atoms with Crippen molar-refractivity contribution in [2.24, 2.45) is 5.14 Å². The molecular weight excluding hydrogens is 328 g/mol.